The second kappa shape index (κ2) is 10.3. The van der Waals surface area contributed by atoms with Crippen LogP contribution in [0.25, 0.3) is 0 Å². The molecule has 0 aromatic carbocycles. The Labute approximate surface area is 143 Å². The van der Waals surface area contributed by atoms with Crippen LogP contribution in [0.2, 0.25) is 0 Å². The number of aliphatic imine (C=N–C) groups is 1. The lowest BCUT2D eigenvalue weighted by Gasteiger charge is -2.34. The second-order valence-electron chi connectivity index (χ2n) is 5.59. The van der Waals surface area contributed by atoms with Crippen LogP contribution in [0.5, 0.6) is 0 Å². The van der Waals surface area contributed by atoms with Crippen molar-refractivity contribution in [3.05, 3.63) is 18.0 Å². The molecule has 1 aromatic heterocycles. The summed E-state index contributed by atoms with van der Waals surface area (Å²) in [4.78, 5) is 6.89. The Morgan fingerprint density at radius 2 is 2.33 bits per heavy atom. The average Bonchev–Trinajstić information content (AvgIpc) is 3.03. The van der Waals surface area contributed by atoms with E-state index < -0.39 is 0 Å². The number of nitrogens with one attached hydrogen (secondary N) is 1. The zero-order chi connectivity index (χ0) is 17.2. The minimum absolute atomic E-state index is 0.0225. The van der Waals surface area contributed by atoms with Crippen molar-refractivity contribution >= 4 is 5.96 Å². The van der Waals surface area contributed by atoms with Gasteiger partial charge in [0.25, 0.3) is 0 Å². The number of morpholine rings is 1. The van der Waals surface area contributed by atoms with Crippen LogP contribution in [0.1, 0.15) is 18.6 Å². The summed E-state index contributed by atoms with van der Waals surface area (Å²) < 4.78 is 18.1. The third-order valence-corrected chi connectivity index (χ3v) is 3.73. The lowest BCUT2D eigenvalue weighted by molar-refractivity contribution is -0.00810. The molecule has 0 saturated carbocycles. The summed E-state index contributed by atoms with van der Waals surface area (Å²) in [7, 11) is 3.58. The highest BCUT2D eigenvalue weighted by Crippen LogP contribution is 2.21. The Morgan fingerprint density at radius 3 is 3.04 bits per heavy atom. The third kappa shape index (κ3) is 5.77. The fraction of sp³-hybridized carbons (Fsp3) is 0.750. The quantitative estimate of drug-likeness (QED) is 0.420. The van der Waals surface area contributed by atoms with E-state index in [9.17, 15) is 0 Å². The van der Waals surface area contributed by atoms with Gasteiger partial charge in [-0.15, -0.1) is 0 Å². The van der Waals surface area contributed by atoms with Crippen LogP contribution in [0.4, 0.5) is 0 Å². The minimum atomic E-state index is 0.0225. The molecule has 8 heteroatoms. The first-order valence-electron chi connectivity index (χ1n) is 8.44. The highest BCUT2D eigenvalue weighted by Gasteiger charge is 2.25. The van der Waals surface area contributed by atoms with E-state index in [4.69, 9.17) is 14.2 Å². The molecule has 0 aliphatic carbocycles. The van der Waals surface area contributed by atoms with Gasteiger partial charge in [0.15, 0.2) is 5.96 Å². The van der Waals surface area contributed by atoms with Gasteiger partial charge in [0.2, 0.25) is 0 Å². The molecule has 0 bridgehead atoms. The standard InChI is InChI=1S/C16H29N5O3/c1-4-17-16(18-5-7-23-10-9-22-3)21-6-8-24-15(13-21)14-11-19-20(2)12-14/h11-12,15H,4-10,13H2,1-3H3,(H,17,18). The highest BCUT2D eigenvalue weighted by molar-refractivity contribution is 5.80. The van der Waals surface area contributed by atoms with E-state index in [2.05, 4.69) is 27.2 Å². The zero-order valence-electron chi connectivity index (χ0n) is 14.9. The van der Waals surface area contributed by atoms with Gasteiger partial charge >= 0.3 is 0 Å². The first kappa shape index (κ1) is 18.7. The average molecular weight is 339 g/mol. The van der Waals surface area contributed by atoms with Crippen molar-refractivity contribution in [3.63, 3.8) is 0 Å². The predicted molar refractivity (Wildman–Crippen MR) is 92.1 cm³/mol. The molecule has 1 aliphatic rings. The number of ether oxygens (including phenoxy) is 3. The predicted octanol–water partition coefficient (Wildman–Crippen LogP) is 0.422. The van der Waals surface area contributed by atoms with E-state index in [0.717, 1.165) is 31.2 Å². The lowest BCUT2D eigenvalue weighted by atomic mass is 10.1. The summed E-state index contributed by atoms with van der Waals surface area (Å²) >= 11 is 0. The summed E-state index contributed by atoms with van der Waals surface area (Å²) in [6.07, 6.45) is 3.89. The molecule has 136 valence electrons. The van der Waals surface area contributed by atoms with E-state index >= 15 is 0 Å². The Balaban J connectivity index is 1.88. The van der Waals surface area contributed by atoms with Gasteiger partial charge in [0.05, 0.1) is 45.7 Å². The molecule has 2 rings (SSSR count). The summed E-state index contributed by atoms with van der Waals surface area (Å²) in [6.45, 7) is 7.60. The Hall–Kier alpha value is -1.64. The largest absolute Gasteiger partial charge is 0.382 e. The van der Waals surface area contributed by atoms with Gasteiger partial charge in [0, 0.05) is 39.0 Å². The summed E-state index contributed by atoms with van der Waals surface area (Å²) in [5.41, 5.74) is 1.10. The number of rotatable bonds is 8. The number of hydrogen-bond acceptors (Lipinski definition) is 5. The summed E-state index contributed by atoms with van der Waals surface area (Å²) in [5, 5.41) is 7.58. The van der Waals surface area contributed by atoms with Gasteiger partial charge in [-0.3, -0.25) is 9.67 Å². The first-order chi connectivity index (χ1) is 11.7. The van der Waals surface area contributed by atoms with Crippen LogP contribution in [0.3, 0.4) is 0 Å². The molecule has 0 spiro atoms. The SMILES string of the molecule is CCNC(=NCCOCCOC)N1CCOC(c2cnn(C)c2)C1. The van der Waals surface area contributed by atoms with Gasteiger partial charge in [-0.05, 0) is 6.92 Å². The van der Waals surface area contributed by atoms with E-state index in [-0.39, 0.29) is 6.10 Å². The molecule has 2 heterocycles. The van der Waals surface area contributed by atoms with E-state index in [1.54, 1.807) is 11.8 Å². The second-order valence-corrected chi connectivity index (χ2v) is 5.59. The maximum absolute atomic E-state index is 5.89. The molecule has 1 saturated heterocycles. The molecule has 1 unspecified atom stereocenters. The van der Waals surface area contributed by atoms with Crippen LogP contribution in [0, 0.1) is 0 Å². The van der Waals surface area contributed by atoms with E-state index in [1.165, 1.54) is 0 Å². The van der Waals surface area contributed by atoms with Crippen molar-refractivity contribution < 1.29 is 14.2 Å². The minimum Gasteiger partial charge on any atom is -0.382 e. The maximum Gasteiger partial charge on any atom is 0.194 e. The first-order valence-corrected chi connectivity index (χ1v) is 8.44. The van der Waals surface area contributed by atoms with Crippen LogP contribution in [0.15, 0.2) is 17.4 Å². The topological polar surface area (TPSA) is 73.1 Å². The zero-order valence-corrected chi connectivity index (χ0v) is 14.9. The van der Waals surface area contributed by atoms with Crippen molar-refractivity contribution in [1.82, 2.24) is 20.0 Å². The smallest absolute Gasteiger partial charge is 0.194 e. The monoisotopic (exact) mass is 339 g/mol. The molecule has 1 fully saturated rings. The molecule has 24 heavy (non-hydrogen) atoms. The number of aromatic nitrogens is 2. The molecular formula is C16H29N5O3. The Bertz CT molecular complexity index is 506. The van der Waals surface area contributed by atoms with Crippen molar-refractivity contribution in [2.24, 2.45) is 12.0 Å². The molecule has 0 amide bonds. The van der Waals surface area contributed by atoms with Crippen molar-refractivity contribution in [2.75, 3.05) is 59.7 Å². The normalized spacial score (nSPS) is 18.9. The summed E-state index contributed by atoms with van der Waals surface area (Å²) in [6, 6.07) is 0. The molecule has 1 atom stereocenters. The van der Waals surface area contributed by atoms with Crippen LogP contribution in [-0.4, -0.2) is 80.4 Å². The van der Waals surface area contributed by atoms with Crippen molar-refractivity contribution in [2.45, 2.75) is 13.0 Å². The third-order valence-electron chi connectivity index (χ3n) is 3.73. The highest BCUT2D eigenvalue weighted by atomic mass is 16.5. The number of nitrogens with zero attached hydrogens (tertiary/aromatic N) is 4. The Morgan fingerprint density at radius 1 is 1.46 bits per heavy atom. The van der Waals surface area contributed by atoms with Crippen LogP contribution >= 0.6 is 0 Å². The Kier molecular flexibility index (Phi) is 8.00. The van der Waals surface area contributed by atoms with Gasteiger partial charge in [0.1, 0.15) is 6.10 Å². The maximum atomic E-state index is 5.89. The molecule has 1 aliphatic heterocycles. The van der Waals surface area contributed by atoms with Gasteiger partial charge < -0.3 is 24.4 Å². The molecule has 1 aromatic rings. The van der Waals surface area contributed by atoms with Gasteiger partial charge in [-0.1, -0.05) is 0 Å². The number of aryl methyl sites for hydroxylation is 1. The molecule has 0 radical (unpaired) electrons. The van der Waals surface area contributed by atoms with E-state index in [0.29, 0.717) is 33.0 Å². The molecule has 8 nitrogen and oxygen atoms in total. The fourth-order valence-corrected chi connectivity index (χ4v) is 2.54. The molecular weight excluding hydrogens is 310 g/mol. The van der Waals surface area contributed by atoms with Crippen molar-refractivity contribution in [3.8, 4) is 0 Å². The van der Waals surface area contributed by atoms with Crippen LogP contribution < -0.4 is 5.32 Å². The number of methoxy groups -OCH3 is 1. The fourth-order valence-electron chi connectivity index (χ4n) is 2.54. The van der Waals surface area contributed by atoms with E-state index in [1.807, 2.05) is 19.4 Å². The number of guanidine groups is 1. The number of hydrogen-bond donors (Lipinski definition) is 1. The molecule has 1 N–H and O–H groups in total. The summed E-state index contributed by atoms with van der Waals surface area (Å²) in [5.74, 6) is 0.907. The van der Waals surface area contributed by atoms with Crippen LogP contribution in [-0.2, 0) is 21.3 Å². The van der Waals surface area contributed by atoms with Gasteiger partial charge in [-0.2, -0.15) is 5.10 Å². The van der Waals surface area contributed by atoms with Gasteiger partial charge in [-0.25, -0.2) is 0 Å². The lowest BCUT2D eigenvalue weighted by Crippen LogP contribution is -2.48. The van der Waals surface area contributed by atoms with Crippen molar-refractivity contribution in [1.29, 1.82) is 0 Å².